The first-order chi connectivity index (χ1) is 13.1. The van der Waals surface area contributed by atoms with Gasteiger partial charge in [0.15, 0.2) is 4.34 Å². The summed E-state index contributed by atoms with van der Waals surface area (Å²) in [7, 11) is 1.66. The summed E-state index contributed by atoms with van der Waals surface area (Å²) in [5.41, 5.74) is 3.41. The van der Waals surface area contributed by atoms with E-state index in [-0.39, 0.29) is 5.91 Å². The minimum Gasteiger partial charge on any atom is -0.496 e. The lowest BCUT2D eigenvalue weighted by Gasteiger charge is -2.07. The Balaban J connectivity index is 1.47. The van der Waals surface area contributed by atoms with E-state index in [0.29, 0.717) is 18.0 Å². The van der Waals surface area contributed by atoms with E-state index in [2.05, 4.69) is 33.7 Å². The lowest BCUT2D eigenvalue weighted by Crippen LogP contribution is -2.12. The molecular weight excluding hydrogens is 378 g/mol. The van der Waals surface area contributed by atoms with Crippen molar-refractivity contribution in [2.75, 3.05) is 12.4 Å². The van der Waals surface area contributed by atoms with E-state index in [9.17, 15) is 4.79 Å². The van der Waals surface area contributed by atoms with Gasteiger partial charge in [-0.3, -0.25) is 4.79 Å². The molecule has 0 bridgehead atoms. The van der Waals surface area contributed by atoms with Gasteiger partial charge in [-0.15, -0.1) is 10.2 Å². The van der Waals surface area contributed by atoms with Crippen LogP contribution in [0.25, 0.3) is 0 Å². The standard InChI is InChI=1S/C20H21N3O2S2/c1-14-12-15(8-10-17(14)25-2)9-11-18(24)21-19-22-23-20(27-19)26-13-16-6-4-3-5-7-16/h3-8,10,12H,9,11,13H2,1-2H3,(H,21,22,24). The van der Waals surface area contributed by atoms with Gasteiger partial charge in [0.2, 0.25) is 11.0 Å². The predicted octanol–water partition coefficient (Wildman–Crippen LogP) is 4.72. The molecule has 0 aliphatic carbocycles. The Kier molecular flexibility index (Phi) is 6.84. The van der Waals surface area contributed by atoms with E-state index >= 15 is 0 Å². The molecule has 0 unspecified atom stereocenters. The SMILES string of the molecule is COc1ccc(CCC(=O)Nc2nnc(SCc3ccccc3)s2)cc1C. The van der Waals surface area contributed by atoms with Crippen LogP contribution in [0.1, 0.15) is 23.1 Å². The van der Waals surface area contributed by atoms with E-state index in [1.807, 2.05) is 37.3 Å². The molecule has 1 aromatic heterocycles. The van der Waals surface area contributed by atoms with Crippen molar-refractivity contribution in [2.45, 2.75) is 29.9 Å². The minimum atomic E-state index is -0.0563. The molecule has 0 aliphatic heterocycles. The fourth-order valence-corrected chi connectivity index (χ4v) is 4.30. The van der Waals surface area contributed by atoms with Crippen LogP contribution in [0.3, 0.4) is 0 Å². The van der Waals surface area contributed by atoms with Crippen molar-refractivity contribution in [3.05, 3.63) is 65.2 Å². The van der Waals surface area contributed by atoms with Crippen molar-refractivity contribution in [2.24, 2.45) is 0 Å². The van der Waals surface area contributed by atoms with Gasteiger partial charge in [0.1, 0.15) is 5.75 Å². The molecule has 3 rings (SSSR count). The number of amides is 1. The van der Waals surface area contributed by atoms with E-state index < -0.39 is 0 Å². The normalized spacial score (nSPS) is 10.6. The minimum absolute atomic E-state index is 0.0563. The van der Waals surface area contributed by atoms with Gasteiger partial charge in [-0.1, -0.05) is 65.6 Å². The fourth-order valence-electron chi connectivity index (χ4n) is 2.57. The number of carbonyl (C=O) groups is 1. The molecule has 3 aromatic rings. The summed E-state index contributed by atoms with van der Waals surface area (Å²) >= 11 is 3.02. The average Bonchev–Trinajstić information content (AvgIpc) is 3.13. The van der Waals surface area contributed by atoms with E-state index in [1.165, 1.54) is 16.9 Å². The summed E-state index contributed by atoms with van der Waals surface area (Å²) in [5, 5.41) is 11.6. The molecule has 27 heavy (non-hydrogen) atoms. The van der Waals surface area contributed by atoms with Crippen LogP contribution in [-0.2, 0) is 17.0 Å². The van der Waals surface area contributed by atoms with E-state index in [4.69, 9.17) is 4.74 Å². The molecule has 0 atom stereocenters. The summed E-state index contributed by atoms with van der Waals surface area (Å²) in [6, 6.07) is 16.2. The van der Waals surface area contributed by atoms with Crippen molar-refractivity contribution >= 4 is 34.1 Å². The number of methoxy groups -OCH3 is 1. The number of carbonyl (C=O) groups excluding carboxylic acids is 1. The molecule has 1 amide bonds. The zero-order valence-electron chi connectivity index (χ0n) is 15.3. The highest BCUT2D eigenvalue weighted by atomic mass is 32.2. The molecular formula is C20H21N3O2S2. The van der Waals surface area contributed by atoms with Crippen molar-refractivity contribution < 1.29 is 9.53 Å². The van der Waals surface area contributed by atoms with E-state index in [0.717, 1.165) is 27.0 Å². The van der Waals surface area contributed by atoms with Crippen LogP contribution in [0, 0.1) is 6.92 Å². The fraction of sp³-hybridized carbons (Fsp3) is 0.250. The number of rotatable bonds is 8. The smallest absolute Gasteiger partial charge is 0.226 e. The maximum atomic E-state index is 12.2. The van der Waals surface area contributed by atoms with Gasteiger partial charge in [0.25, 0.3) is 0 Å². The maximum absolute atomic E-state index is 12.2. The van der Waals surface area contributed by atoms with Crippen LogP contribution in [0.4, 0.5) is 5.13 Å². The van der Waals surface area contributed by atoms with Gasteiger partial charge in [0, 0.05) is 12.2 Å². The van der Waals surface area contributed by atoms with E-state index in [1.54, 1.807) is 18.9 Å². The highest BCUT2D eigenvalue weighted by Crippen LogP contribution is 2.28. The van der Waals surface area contributed by atoms with Crippen molar-refractivity contribution in [1.82, 2.24) is 10.2 Å². The quantitative estimate of drug-likeness (QED) is 0.439. The largest absolute Gasteiger partial charge is 0.496 e. The number of anilines is 1. The van der Waals surface area contributed by atoms with Gasteiger partial charge >= 0.3 is 0 Å². The second kappa shape index (κ2) is 9.53. The number of hydrogen-bond donors (Lipinski definition) is 1. The molecule has 0 aliphatic rings. The number of nitrogens with one attached hydrogen (secondary N) is 1. The number of aromatic nitrogens is 2. The number of nitrogens with zero attached hydrogens (tertiary/aromatic N) is 2. The third-order valence-corrected chi connectivity index (χ3v) is 6.00. The Labute approximate surface area is 167 Å². The second-order valence-corrected chi connectivity index (χ2v) is 8.20. The topological polar surface area (TPSA) is 64.1 Å². The molecule has 5 nitrogen and oxygen atoms in total. The van der Waals surface area contributed by atoms with Gasteiger partial charge in [0.05, 0.1) is 7.11 Å². The Bertz CT molecular complexity index is 897. The summed E-state index contributed by atoms with van der Waals surface area (Å²) in [5.74, 6) is 1.64. The van der Waals surface area contributed by atoms with Gasteiger partial charge < -0.3 is 10.1 Å². The first-order valence-corrected chi connectivity index (χ1v) is 10.4. The highest BCUT2D eigenvalue weighted by Gasteiger charge is 2.10. The van der Waals surface area contributed by atoms with Crippen LogP contribution in [-0.4, -0.2) is 23.2 Å². The Morgan fingerprint density at radius 1 is 1.15 bits per heavy atom. The molecule has 0 fully saturated rings. The van der Waals surface area contributed by atoms with Gasteiger partial charge in [-0.25, -0.2) is 0 Å². The molecule has 0 saturated carbocycles. The van der Waals surface area contributed by atoms with Gasteiger partial charge in [-0.05, 0) is 36.1 Å². The molecule has 1 heterocycles. The molecule has 0 radical (unpaired) electrons. The first-order valence-electron chi connectivity index (χ1n) is 8.57. The predicted molar refractivity (Wildman–Crippen MR) is 111 cm³/mol. The number of thioether (sulfide) groups is 1. The molecule has 1 N–H and O–H groups in total. The lowest BCUT2D eigenvalue weighted by molar-refractivity contribution is -0.116. The average molecular weight is 400 g/mol. The van der Waals surface area contributed by atoms with Crippen LogP contribution in [0.15, 0.2) is 52.9 Å². The zero-order chi connectivity index (χ0) is 19.1. The van der Waals surface area contributed by atoms with Crippen molar-refractivity contribution in [3.63, 3.8) is 0 Å². The van der Waals surface area contributed by atoms with Crippen LogP contribution in [0.5, 0.6) is 5.75 Å². The third-order valence-electron chi connectivity index (χ3n) is 3.96. The molecule has 7 heteroatoms. The Morgan fingerprint density at radius 2 is 1.96 bits per heavy atom. The maximum Gasteiger partial charge on any atom is 0.226 e. The Morgan fingerprint density at radius 3 is 2.70 bits per heavy atom. The lowest BCUT2D eigenvalue weighted by atomic mass is 10.1. The zero-order valence-corrected chi connectivity index (χ0v) is 16.9. The summed E-state index contributed by atoms with van der Waals surface area (Å²) in [6.45, 7) is 2.00. The summed E-state index contributed by atoms with van der Waals surface area (Å²) in [4.78, 5) is 12.2. The highest BCUT2D eigenvalue weighted by molar-refractivity contribution is 8.00. The van der Waals surface area contributed by atoms with Crippen LogP contribution in [0.2, 0.25) is 0 Å². The van der Waals surface area contributed by atoms with Crippen LogP contribution < -0.4 is 10.1 Å². The van der Waals surface area contributed by atoms with Crippen molar-refractivity contribution in [3.8, 4) is 5.75 Å². The molecule has 140 valence electrons. The number of hydrogen-bond acceptors (Lipinski definition) is 6. The summed E-state index contributed by atoms with van der Waals surface area (Å²) < 4.78 is 6.11. The Hall–Kier alpha value is -2.38. The molecule has 2 aromatic carbocycles. The van der Waals surface area contributed by atoms with Crippen LogP contribution >= 0.6 is 23.1 Å². The third kappa shape index (κ3) is 5.80. The second-order valence-electron chi connectivity index (χ2n) is 6.00. The molecule has 0 saturated heterocycles. The van der Waals surface area contributed by atoms with Crippen molar-refractivity contribution in [1.29, 1.82) is 0 Å². The first kappa shape index (κ1) is 19.4. The summed E-state index contributed by atoms with van der Waals surface area (Å²) in [6.07, 6.45) is 1.07. The number of benzene rings is 2. The van der Waals surface area contributed by atoms with Gasteiger partial charge in [-0.2, -0.15) is 0 Å². The number of aryl methyl sites for hydroxylation is 2. The monoisotopic (exact) mass is 399 g/mol. The number of ether oxygens (including phenoxy) is 1. The molecule has 0 spiro atoms.